The molecule has 4 heteroatoms. The monoisotopic (exact) mass is 584 g/mol. The number of hydrogen-bond acceptors (Lipinski definition) is 4. The highest BCUT2D eigenvalue weighted by Crippen LogP contribution is 2.52. The van der Waals surface area contributed by atoms with Crippen LogP contribution in [-0.4, -0.2) is 12.6 Å². The van der Waals surface area contributed by atoms with E-state index in [0.29, 0.717) is 11.1 Å². The molecule has 1 aliphatic carbocycles. The van der Waals surface area contributed by atoms with Crippen LogP contribution >= 0.6 is 0 Å². The molecular formula is C41H32N2O2. The van der Waals surface area contributed by atoms with Gasteiger partial charge >= 0.3 is 0 Å². The average molecular weight is 585 g/mol. The molecule has 0 atom stereocenters. The van der Waals surface area contributed by atoms with E-state index in [0.717, 1.165) is 46.7 Å². The highest BCUT2D eigenvalue weighted by molar-refractivity contribution is 5.89. The Kier molecular flexibility index (Phi) is 7.11. The standard InChI is InChI=1S/C41H32N2O2/c1-41(2)39-25-35(42(31-9-5-3-6-10-31)33-17-13-29(27-44)14-18-33)21-23-37(39)38-24-22-36(26-40(38)41)43(32-11-7-4-8-12-32)34-19-15-30(28-45)16-20-34/h3-28H,1-2H3. The molecule has 0 spiro atoms. The molecule has 0 N–H and O–H groups in total. The molecular weight excluding hydrogens is 552 g/mol. The molecule has 0 saturated heterocycles. The van der Waals surface area contributed by atoms with E-state index in [9.17, 15) is 9.59 Å². The summed E-state index contributed by atoms with van der Waals surface area (Å²) in [7, 11) is 0. The third kappa shape index (κ3) is 5.00. The zero-order valence-electron chi connectivity index (χ0n) is 25.2. The van der Waals surface area contributed by atoms with E-state index in [1.807, 2.05) is 84.9 Å². The molecule has 0 saturated carbocycles. The van der Waals surface area contributed by atoms with Gasteiger partial charge in [-0.05, 0) is 119 Å². The minimum absolute atomic E-state index is 0.260. The summed E-state index contributed by atoms with van der Waals surface area (Å²) in [5, 5.41) is 0. The lowest BCUT2D eigenvalue weighted by atomic mass is 9.82. The quantitative estimate of drug-likeness (QED) is 0.167. The van der Waals surface area contributed by atoms with Gasteiger partial charge in [-0.3, -0.25) is 9.59 Å². The average Bonchev–Trinajstić information content (AvgIpc) is 3.32. The highest BCUT2D eigenvalue weighted by Gasteiger charge is 2.36. The Morgan fingerprint density at radius 1 is 0.422 bits per heavy atom. The first-order valence-electron chi connectivity index (χ1n) is 15.1. The summed E-state index contributed by atoms with van der Waals surface area (Å²) in [6.45, 7) is 4.59. The molecule has 0 heterocycles. The van der Waals surface area contributed by atoms with Gasteiger partial charge in [0.15, 0.2) is 0 Å². The van der Waals surface area contributed by atoms with Crippen molar-refractivity contribution in [2.24, 2.45) is 0 Å². The Bertz CT molecular complexity index is 1850. The van der Waals surface area contributed by atoms with Crippen LogP contribution in [0.3, 0.4) is 0 Å². The van der Waals surface area contributed by atoms with Gasteiger partial charge in [-0.1, -0.05) is 62.4 Å². The van der Waals surface area contributed by atoms with Crippen molar-refractivity contribution < 1.29 is 9.59 Å². The molecule has 0 fully saturated rings. The van der Waals surface area contributed by atoms with Crippen LogP contribution in [0.4, 0.5) is 34.1 Å². The third-order valence-corrected chi connectivity index (χ3v) is 8.76. The van der Waals surface area contributed by atoms with Gasteiger partial charge in [0.1, 0.15) is 12.6 Å². The first-order valence-corrected chi connectivity index (χ1v) is 15.1. The van der Waals surface area contributed by atoms with E-state index in [1.54, 1.807) is 0 Å². The molecule has 0 aliphatic heterocycles. The van der Waals surface area contributed by atoms with Crippen LogP contribution in [0.15, 0.2) is 146 Å². The number of rotatable bonds is 8. The van der Waals surface area contributed by atoms with Gasteiger partial charge in [-0.2, -0.15) is 0 Å². The van der Waals surface area contributed by atoms with Crippen LogP contribution in [0.1, 0.15) is 45.7 Å². The number of para-hydroxylation sites is 2. The van der Waals surface area contributed by atoms with Crippen molar-refractivity contribution in [3.63, 3.8) is 0 Å². The van der Waals surface area contributed by atoms with Crippen molar-refractivity contribution in [2.45, 2.75) is 19.3 Å². The van der Waals surface area contributed by atoms with Crippen molar-refractivity contribution in [3.8, 4) is 11.1 Å². The Labute approximate surface area is 263 Å². The van der Waals surface area contributed by atoms with Crippen LogP contribution in [0, 0.1) is 0 Å². The van der Waals surface area contributed by atoms with Gasteiger partial charge in [0, 0.05) is 50.7 Å². The number of carbonyl (C=O) groups is 2. The number of fused-ring (bicyclic) bond motifs is 3. The summed E-state index contributed by atoms with van der Waals surface area (Å²) in [5.41, 5.74) is 12.2. The largest absolute Gasteiger partial charge is 0.310 e. The van der Waals surface area contributed by atoms with Gasteiger partial charge in [0.05, 0.1) is 0 Å². The lowest BCUT2D eigenvalue weighted by molar-refractivity contribution is 0.111. The molecule has 0 radical (unpaired) electrons. The molecule has 7 rings (SSSR count). The predicted octanol–water partition coefficient (Wildman–Crippen LogP) is 10.6. The van der Waals surface area contributed by atoms with E-state index in [-0.39, 0.29) is 5.41 Å². The summed E-state index contributed by atoms with van der Waals surface area (Å²) in [6.07, 6.45) is 1.75. The molecule has 6 aromatic rings. The Balaban J connectivity index is 1.33. The predicted molar refractivity (Wildman–Crippen MR) is 184 cm³/mol. The van der Waals surface area contributed by atoms with E-state index >= 15 is 0 Å². The fourth-order valence-corrected chi connectivity index (χ4v) is 6.44. The second-order valence-corrected chi connectivity index (χ2v) is 11.8. The topological polar surface area (TPSA) is 40.6 Å². The van der Waals surface area contributed by atoms with Crippen molar-refractivity contribution in [1.82, 2.24) is 0 Å². The van der Waals surface area contributed by atoms with Crippen molar-refractivity contribution in [2.75, 3.05) is 9.80 Å². The molecule has 0 amide bonds. The van der Waals surface area contributed by atoms with E-state index in [1.165, 1.54) is 22.3 Å². The fraction of sp³-hybridized carbons (Fsp3) is 0.0732. The summed E-state index contributed by atoms with van der Waals surface area (Å²) in [4.78, 5) is 27.2. The third-order valence-electron chi connectivity index (χ3n) is 8.76. The highest BCUT2D eigenvalue weighted by atomic mass is 16.1. The van der Waals surface area contributed by atoms with Gasteiger partial charge in [0.2, 0.25) is 0 Å². The van der Waals surface area contributed by atoms with Crippen LogP contribution < -0.4 is 9.80 Å². The lowest BCUT2D eigenvalue weighted by Crippen LogP contribution is -2.17. The van der Waals surface area contributed by atoms with E-state index in [4.69, 9.17) is 0 Å². The van der Waals surface area contributed by atoms with Gasteiger partial charge in [-0.15, -0.1) is 0 Å². The van der Waals surface area contributed by atoms with Crippen molar-refractivity contribution in [3.05, 3.63) is 168 Å². The SMILES string of the molecule is CC1(C)c2cc(N(c3ccccc3)c3ccc(C=O)cc3)ccc2-c2ccc(N(c3ccccc3)c3ccc(C=O)cc3)cc21. The fourth-order valence-electron chi connectivity index (χ4n) is 6.44. The number of nitrogens with zero attached hydrogens (tertiary/aromatic N) is 2. The Morgan fingerprint density at radius 2 is 0.756 bits per heavy atom. The summed E-state index contributed by atoms with van der Waals surface area (Å²) < 4.78 is 0. The maximum Gasteiger partial charge on any atom is 0.150 e. The molecule has 0 unspecified atom stereocenters. The van der Waals surface area contributed by atoms with Gasteiger partial charge in [-0.25, -0.2) is 0 Å². The molecule has 218 valence electrons. The molecule has 45 heavy (non-hydrogen) atoms. The second-order valence-electron chi connectivity index (χ2n) is 11.8. The first-order chi connectivity index (χ1) is 22.0. The number of anilines is 6. The van der Waals surface area contributed by atoms with E-state index < -0.39 is 0 Å². The molecule has 1 aliphatic rings. The minimum atomic E-state index is -0.260. The number of benzene rings is 6. The van der Waals surface area contributed by atoms with Gasteiger partial charge in [0.25, 0.3) is 0 Å². The van der Waals surface area contributed by atoms with Crippen LogP contribution in [0.25, 0.3) is 11.1 Å². The van der Waals surface area contributed by atoms with Crippen molar-refractivity contribution >= 4 is 46.7 Å². The smallest absolute Gasteiger partial charge is 0.150 e. The lowest BCUT2D eigenvalue weighted by Gasteiger charge is -2.29. The van der Waals surface area contributed by atoms with Gasteiger partial charge < -0.3 is 9.80 Å². The second kappa shape index (κ2) is 11.4. The molecule has 0 bridgehead atoms. The Morgan fingerprint density at radius 3 is 1.11 bits per heavy atom. The number of aldehydes is 2. The number of hydrogen-bond donors (Lipinski definition) is 0. The van der Waals surface area contributed by atoms with E-state index in [2.05, 4.69) is 84.3 Å². The van der Waals surface area contributed by atoms with Crippen LogP contribution in [-0.2, 0) is 5.41 Å². The maximum absolute atomic E-state index is 11.4. The molecule has 0 aromatic heterocycles. The van der Waals surface area contributed by atoms with Crippen molar-refractivity contribution in [1.29, 1.82) is 0 Å². The molecule has 4 nitrogen and oxygen atoms in total. The summed E-state index contributed by atoms with van der Waals surface area (Å²) >= 11 is 0. The van der Waals surface area contributed by atoms with Crippen LogP contribution in [0.2, 0.25) is 0 Å². The molecule has 6 aromatic carbocycles. The summed E-state index contributed by atoms with van der Waals surface area (Å²) in [6, 6.07) is 49.5. The Hall–Kier alpha value is -5.74. The summed E-state index contributed by atoms with van der Waals surface area (Å²) in [5.74, 6) is 0. The maximum atomic E-state index is 11.4. The zero-order valence-corrected chi connectivity index (χ0v) is 25.2. The zero-order chi connectivity index (χ0) is 31.0. The first kappa shape index (κ1) is 28.1. The van der Waals surface area contributed by atoms with Crippen LogP contribution in [0.5, 0.6) is 0 Å². The normalized spacial score (nSPS) is 12.6. The number of carbonyl (C=O) groups excluding carboxylic acids is 2. The minimum Gasteiger partial charge on any atom is -0.310 e.